The highest BCUT2D eigenvalue weighted by Gasteiger charge is 2.06. The summed E-state index contributed by atoms with van der Waals surface area (Å²) >= 11 is 0. The van der Waals surface area contributed by atoms with Gasteiger partial charge >= 0.3 is 0 Å². The molecule has 0 aliphatic carbocycles. The third-order valence-electron chi connectivity index (χ3n) is 3.27. The quantitative estimate of drug-likeness (QED) is 0.417. The van der Waals surface area contributed by atoms with Gasteiger partial charge in [0.25, 0.3) is 0 Å². The van der Waals surface area contributed by atoms with Crippen LogP contribution in [0.5, 0.6) is 5.75 Å². The Morgan fingerprint density at radius 2 is 1.96 bits per heavy atom. The molecule has 0 fully saturated rings. The first-order chi connectivity index (χ1) is 11.5. The van der Waals surface area contributed by atoms with Gasteiger partial charge in [-0.25, -0.2) is 4.99 Å². The van der Waals surface area contributed by atoms with Gasteiger partial charge < -0.3 is 25.0 Å². The van der Waals surface area contributed by atoms with Crippen LogP contribution in [-0.4, -0.2) is 64.8 Å². The number of carbonyl (C=O) groups excluding carboxylic acids is 1. The number of nitrogens with zero attached hydrogens (tertiary/aromatic N) is 2. The highest BCUT2D eigenvalue weighted by molar-refractivity contribution is 5.86. The van der Waals surface area contributed by atoms with E-state index < -0.39 is 0 Å². The van der Waals surface area contributed by atoms with Gasteiger partial charge in [-0.1, -0.05) is 6.07 Å². The van der Waals surface area contributed by atoms with Crippen molar-refractivity contribution in [3.8, 4) is 5.75 Å². The van der Waals surface area contributed by atoms with Crippen LogP contribution in [0.1, 0.15) is 11.1 Å². The Balaban J connectivity index is 2.75. The number of nitrogens with one attached hydrogen (secondary N) is 2. The smallest absolute Gasteiger partial charge is 0.241 e. The molecular weight excluding hydrogens is 308 g/mol. The molecule has 2 N–H and O–H groups in total. The monoisotopic (exact) mass is 336 g/mol. The molecule has 1 aromatic rings. The lowest BCUT2D eigenvalue weighted by atomic mass is 10.1. The van der Waals surface area contributed by atoms with E-state index in [0.29, 0.717) is 25.7 Å². The molecule has 0 atom stereocenters. The van der Waals surface area contributed by atoms with Gasteiger partial charge in [0, 0.05) is 27.7 Å². The van der Waals surface area contributed by atoms with E-state index in [1.54, 1.807) is 28.3 Å². The molecule has 1 aromatic carbocycles. The van der Waals surface area contributed by atoms with E-state index in [2.05, 4.69) is 21.7 Å². The van der Waals surface area contributed by atoms with E-state index >= 15 is 0 Å². The molecule has 0 saturated heterocycles. The van der Waals surface area contributed by atoms with E-state index in [1.165, 1.54) is 4.90 Å². The molecule has 0 bridgehead atoms. The molecule has 0 saturated carbocycles. The molecule has 0 aliphatic rings. The maximum atomic E-state index is 11.7. The average molecular weight is 336 g/mol. The molecule has 1 rings (SSSR count). The molecule has 134 valence electrons. The number of hydrogen-bond acceptors (Lipinski definition) is 4. The minimum Gasteiger partial charge on any atom is -0.497 e. The van der Waals surface area contributed by atoms with Crippen molar-refractivity contribution in [1.82, 2.24) is 15.5 Å². The van der Waals surface area contributed by atoms with E-state index in [0.717, 1.165) is 16.9 Å². The Labute approximate surface area is 144 Å². The van der Waals surface area contributed by atoms with Crippen molar-refractivity contribution < 1.29 is 14.3 Å². The predicted molar refractivity (Wildman–Crippen MR) is 95.4 cm³/mol. The standard InChI is InChI=1S/C17H28N4O3/c1-13-8-14(10-15(9-13)24-5)11-19-17(18-6-7-23-4)20-12-16(22)21(2)3/h8-10H,6-7,11-12H2,1-5H3,(H2,18,19,20). The van der Waals surface area contributed by atoms with Gasteiger partial charge in [-0.05, 0) is 30.2 Å². The zero-order chi connectivity index (χ0) is 17.9. The molecular formula is C17H28N4O3. The first-order valence-corrected chi connectivity index (χ1v) is 7.82. The molecule has 0 radical (unpaired) electrons. The molecule has 0 spiro atoms. The van der Waals surface area contributed by atoms with E-state index in [9.17, 15) is 4.79 Å². The van der Waals surface area contributed by atoms with E-state index in [4.69, 9.17) is 9.47 Å². The number of benzene rings is 1. The summed E-state index contributed by atoms with van der Waals surface area (Å²) in [5.74, 6) is 1.36. The SMILES string of the molecule is COCCNC(=NCc1cc(C)cc(OC)c1)NCC(=O)N(C)C. The van der Waals surface area contributed by atoms with Gasteiger partial charge in [0.1, 0.15) is 5.75 Å². The molecule has 7 nitrogen and oxygen atoms in total. The lowest BCUT2D eigenvalue weighted by molar-refractivity contribution is -0.127. The van der Waals surface area contributed by atoms with Gasteiger partial charge in [0.05, 0.1) is 26.8 Å². The van der Waals surface area contributed by atoms with Crippen LogP contribution in [0.4, 0.5) is 0 Å². The van der Waals surface area contributed by atoms with Crippen molar-refractivity contribution >= 4 is 11.9 Å². The zero-order valence-corrected chi connectivity index (χ0v) is 15.2. The third kappa shape index (κ3) is 7.32. The minimum atomic E-state index is -0.0199. The third-order valence-corrected chi connectivity index (χ3v) is 3.27. The van der Waals surface area contributed by atoms with Crippen LogP contribution in [0.3, 0.4) is 0 Å². The fourth-order valence-electron chi connectivity index (χ4n) is 1.97. The van der Waals surface area contributed by atoms with Gasteiger partial charge in [-0.15, -0.1) is 0 Å². The second-order valence-corrected chi connectivity index (χ2v) is 5.58. The van der Waals surface area contributed by atoms with Gasteiger partial charge in [0.2, 0.25) is 5.91 Å². The van der Waals surface area contributed by atoms with Gasteiger partial charge in [0.15, 0.2) is 5.96 Å². The Hall–Kier alpha value is -2.28. The molecule has 1 amide bonds. The van der Waals surface area contributed by atoms with Crippen LogP contribution >= 0.6 is 0 Å². The minimum absolute atomic E-state index is 0.0199. The number of carbonyl (C=O) groups is 1. The summed E-state index contributed by atoms with van der Waals surface area (Å²) in [5.41, 5.74) is 2.16. The molecule has 0 aliphatic heterocycles. The summed E-state index contributed by atoms with van der Waals surface area (Å²) in [7, 11) is 6.73. The Morgan fingerprint density at radius 1 is 1.21 bits per heavy atom. The van der Waals surface area contributed by atoms with Crippen molar-refractivity contribution in [2.45, 2.75) is 13.5 Å². The largest absolute Gasteiger partial charge is 0.497 e. The first-order valence-electron chi connectivity index (χ1n) is 7.82. The first kappa shape index (κ1) is 19.8. The van der Waals surface area contributed by atoms with Crippen molar-refractivity contribution in [3.05, 3.63) is 29.3 Å². The Kier molecular flexibility index (Phi) is 8.64. The maximum Gasteiger partial charge on any atom is 0.241 e. The van der Waals surface area contributed by atoms with Crippen molar-refractivity contribution in [1.29, 1.82) is 0 Å². The maximum absolute atomic E-state index is 11.7. The summed E-state index contributed by atoms with van der Waals surface area (Å²) in [6.45, 7) is 3.84. The van der Waals surface area contributed by atoms with Crippen LogP contribution in [-0.2, 0) is 16.1 Å². The number of guanidine groups is 1. The Morgan fingerprint density at radius 3 is 2.58 bits per heavy atom. The molecule has 0 heterocycles. The normalized spacial score (nSPS) is 11.1. The van der Waals surface area contributed by atoms with Crippen molar-refractivity contribution in [3.63, 3.8) is 0 Å². The second-order valence-electron chi connectivity index (χ2n) is 5.58. The number of amides is 1. The van der Waals surface area contributed by atoms with Crippen molar-refractivity contribution in [2.24, 2.45) is 4.99 Å². The topological polar surface area (TPSA) is 75.2 Å². The number of aliphatic imine (C=N–C) groups is 1. The fraction of sp³-hybridized carbons (Fsp3) is 0.529. The predicted octanol–water partition coefficient (Wildman–Crippen LogP) is 0.773. The summed E-state index contributed by atoms with van der Waals surface area (Å²) in [6, 6.07) is 5.98. The molecule has 24 heavy (non-hydrogen) atoms. The van der Waals surface area contributed by atoms with Crippen LogP contribution in [0.15, 0.2) is 23.2 Å². The van der Waals surface area contributed by atoms with E-state index in [1.807, 2.05) is 19.1 Å². The van der Waals surface area contributed by atoms with Crippen LogP contribution < -0.4 is 15.4 Å². The summed E-state index contributed by atoms with van der Waals surface area (Å²) in [6.07, 6.45) is 0. The molecule has 0 unspecified atom stereocenters. The number of methoxy groups -OCH3 is 2. The fourth-order valence-corrected chi connectivity index (χ4v) is 1.97. The van der Waals surface area contributed by atoms with Crippen molar-refractivity contribution in [2.75, 3.05) is 48.0 Å². The van der Waals surface area contributed by atoms with Gasteiger partial charge in [-0.2, -0.15) is 0 Å². The summed E-state index contributed by atoms with van der Waals surface area (Å²) < 4.78 is 10.3. The number of hydrogen-bond donors (Lipinski definition) is 2. The number of rotatable bonds is 8. The summed E-state index contributed by atoms with van der Waals surface area (Å²) in [4.78, 5) is 17.8. The lowest BCUT2D eigenvalue weighted by Crippen LogP contribution is -2.43. The lowest BCUT2D eigenvalue weighted by Gasteiger charge is -2.15. The number of likely N-dealkylation sites (N-methyl/N-ethyl adjacent to an activating group) is 1. The van der Waals surface area contributed by atoms with Crippen LogP contribution in [0.2, 0.25) is 0 Å². The summed E-state index contributed by atoms with van der Waals surface area (Å²) in [5, 5.41) is 6.17. The van der Waals surface area contributed by atoms with Crippen LogP contribution in [0, 0.1) is 6.92 Å². The van der Waals surface area contributed by atoms with Crippen LogP contribution in [0.25, 0.3) is 0 Å². The molecule has 0 aromatic heterocycles. The molecule has 7 heteroatoms. The van der Waals surface area contributed by atoms with Gasteiger partial charge in [-0.3, -0.25) is 4.79 Å². The highest BCUT2D eigenvalue weighted by Crippen LogP contribution is 2.16. The highest BCUT2D eigenvalue weighted by atomic mass is 16.5. The van der Waals surface area contributed by atoms with E-state index in [-0.39, 0.29) is 12.5 Å². The Bertz CT molecular complexity index is 559. The average Bonchev–Trinajstić information content (AvgIpc) is 2.55. The zero-order valence-electron chi connectivity index (χ0n) is 15.2. The second kappa shape index (κ2) is 10.5. The number of aryl methyl sites for hydroxylation is 1. The number of ether oxygens (including phenoxy) is 2.